The highest BCUT2D eigenvalue weighted by atomic mass is 14.8. The van der Waals surface area contributed by atoms with Gasteiger partial charge < -0.3 is 5.73 Å². The third-order valence-electron chi connectivity index (χ3n) is 7.41. The van der Waals surface area contributed by atoms with Crippen LogP contribution in [-0.2, 0) is 0 Å². The van der Waals surface area contributed by atoms with Crippen molar-refractivity contribution in [2.75, 3.05) is 0 Å². The topological polar surface area (TPSA) is 26.0 Å². The summed E-state index contributed by atoms with van der Waals surface area (Å²) in [7, 11) is 0. The molecule has 1 heteroatoms. The Morgan fingerprint density at radius 2 is 0.935 bits per heavy atom. The molecule has 0 aromatic carbocycles. The van der Waals surface area contributed by atoms with Crippen molar-refractivity contribution in [1.82, 2.24) is 0 Å². The zero-order chi connectivity index (χ0) is 23.0. The average molecular weight is 436 g/mol. The van der Waals surface area contributed by atoms with E-state index < -0.39 is 0 Å². The largest absolute Gasteiger partial charge is 0.325 e. The van der Waals surface area contributed by atoms with Crippen LogP contribution in [0.2, 0.25) is 0 Å². The summed E-state index contributed by atoms with van der Waals surface area (Å²) in [6.07, 6.45) is 33.5. The van der Waals surface area contributed by atoms with Crippen LogP contribution in [0.3, 0.4) is 0 Å². The molecule has 31 heavy (non-hydrogen) atoms. The highest BCUT2D eigenvalue weighted by molar-refractivity contribution is 4.94. The van der Waals surface area contributed by atoms with Crippen molar-refractivity contribution in [2.24, 2.45) is 11.7 Å². The van der Waals surface area contributed by atoms with Crippen molar-refractivity contribution < 1.29 is 0 Å². The van der Waals surface area contributed by atoms with Gasteiger partial charge >= 0.3 is 0 Å². The van der Waals surface area contributed by atoms with E-state index >= 15 is 0 Å². The molecule has 0 heterocycles. The Hall–Kier alpha value is -0.300. The molecule has 0 saturated carbocycles. The lowest BCUT2D eigenvalue weighted by Gasteiger charge is -2.38. The van der Waals surface area contributed by atoms with Crippen LogP contribution < -0.4 is 5.73 Å². The minimum atomic E-state index is 0.0379. The van der Waals surface area contributed by atoms with E-state index in [9.17, 15) is 0 Å². The van der Waals surface area contributed by atoms with E-state index in [4.69, 9.17) is 5.73 Å². The van der Waals surface area contributed by atoms with Gasteiger partial charge in [0, 0.05) is 5.54 Å². The third-order valence-corrected chi connectivity index (χ3v) is 7.41. The fourth-order valence-electron chi connectivity index (χ4n) is 5.15. The van der Waals surface area contributed by atoms with Gasteiger partial charge in [0.2, 0.25) is 0 Å². The molecule has 0 aliphatic carbocycles. The van der Waals surface area contributed by atoms with Crippen LogP contribution in [0.25, 0.3) is 0 Å². The van der Waals surface area contributed by atoms with Gasteiger partial charge in [-0.3, -0.25) is 0 Å². The first-order valence-corrected chi connectivity index (χ1v) is 14.5. The molecule has 0 spiro atoms. The highest BCUT2D eigenvalue weighted by Gasteiger charge is 2.32. The van der Waals surface area contributed by atoms with Crippen molar-refractivity contribution in [3.05, 3.63) is 12.7 Å². The first kappa shape index (κ1) is 30.7. The SMILES string of the molecule is C=CCC(CCCCCCCCCCCCCCCCC)C(N)(CCCC)CCCC. The lowest BCUT2D eigenvalue weighted by molar-refractivity contribution is 0.208. The number of nitrogens with two attached hydrogens (primary N) is 1. The Bertz CT molecular complexity index is 353. The molecule has 0 amide bonds. The molecule has 1 nitrogen and oxygen atoms in total. The van der Waals surface area contributed by atoms with E-state index in [1.165, 1.54) is 141 Å². The standard InChI is InChI=1S/C30H61N/c1-5-9-12-13-14-15-16-17-18-19-20-21-22-23-24-26-29(25-8-4)30(31,27-10-6-2)28-11-7-3/h8,29H,4-7,9-28,31H2,1-3H3. The second kappa shape index (κ2) is 22.9. The van der Waals surface area contributed by atoms with Crippen LogP contribution in [0.4, 0.5) is 0 Å². The van der Waals surface area contributed by atoms with E-state index in [0.29, 0.717) is 5.92 Å². The normalized spacial score (nSPS) is 12.9. The molecule has 0 rings (SSSR count). The fourth-order valence-corrected chi connectivity index (χ4v) is 5.15. The zero-order valence-corrected chi connectivity index (χ0v) is 22.2. The summed E-state index contributed by atoms with van der Waals surface area (Å²) in [5.41, 5.74) is 7.05. The van der Waals surface area contributed by atoms with Crippen molar-refractivity contribution >= 4 is 0 Å². The quantitative estimate of drug-likeness (QED) is 0.112. The lowest BCUT2D eigenvalue weighted by Crippen LogP contribution is -2.47. The minimum Gasteiger partial charge on any atom is -0.325 e. The molecule has 0 radical (unpaired) electrons. The molecule has 0 aromatic rings. The van der Waals surface area contributed by atoms with Gasteiger partial charge in [0.25, 0.3) is 0 Å². The molecular weight excluding hydrogens is 374 g/mol. The summed E-state index contributed by atoms with van der Waals surface area (Å²) in [5.74, 6) is 0.630. The Morgan fingerprint density at radius 3 is 1.29 bits per heavy atom. The van der Waals surface area contributed by atoms with Gasteiger partial charge in [-0.05, 0) is 31.6 Å². The van der Waals surface area contributed by atoms with Crippen molar-refractivity contribution in [1.29, 1.82) is 0 Å². The number of unbranched alkanes of at least 4 members (excludes halogenated alkanes) is 16. The Morgan fingerprint density at radius 1 is 0.581 bits per heavy atom. The van der Waals surface area contributed by atoms with Crippen molar-refractivity contribution in [2.45, 2.75) is 174 Å². The molecule has 1 atom stereocenters. The molecule has 186 valence electrons. The van der Waals surface area contributed by atoms with Crippen LogP contribution in [0.5, 0.6) is 0 Å². The second-order valence-electron chi connectivity index (χ2n) is 10.4. The zero-order valence-electron chi connectivity index (χ0n) is 22.2. The minimum absolute atomic E-state index is 0.0379. The summed E-state index contributed by atoms with van der Waals surface area (Å²) >= 11 is 0. The van der Waals surface area contributed by atoms with Gasteiger partial charge in [-0.15, -0.1) is 6.58 Å². The maximum atomic E-state index is 7.01. The van der Waals surface area contributed by atoms with Crippen LogP contribution >= 0.6 is 0 Å². The van der Waals surface area contributed by atoms with E-state index in [1.807, 2.05) is 0 Å². The van der Waals surface area contributed by atoms with Gasteiger partial charge in [-0.1, -0.05) is 149 Å². The average Bonchev–Trinajstić information content (AvgIpc) is 2.78. The van der Waals surface area contributed by atoms with Gasteiger partial charge in [0.15, 0.2) is 0 Å². The molecule has 0 aromatic heterocycles. The maximum absolute atomic E-state index is 7.01. The summed E-state index contributed by atoms with van der Waals surface area (Å²) < 4.78 is 0. The lowest BCUT2D eigenvalue weighted by atomic mass is 9.73. The summed E-state index contributed by atoms with van der Waals surface area (Å²) in [5, 5.41) is 0. The van der Waals surface area contributed by atoms with Crippen molar-refractivity contribution in [3.8, 4) is 0 Å². The van der Waals surface area contributed by atoms with Crippen LogP contribution in [0.1, 0.15) is 168 Å². The fraction of sp³-hybridized carbons (Fsp3) is 0.933. The predicted octanol–water partition coefficient (Wildman–Crippen LogP) is 10.5. The Balaban J connectivity index is 3.83. The maximum Gasteiger partial charge on any atom is 0.0185 e. The predicted molar refractivity (Wildman–Crippen MR) is 144 cm³/mol. The summed E-state index contributed by atoms with van der Waals surface area (Å²) in [6.45, 7) is 10.9. The Labute approximate surface area is 198 Å². The molecule has 2 N–H and O–H groups in total. The van der Waals surface area contributed by atoms with Gasteiger partial charge in [-0.2, -0.15) is 0 Å². The molecule has 0 saturated heterocycles. The first-order chi connectivity index (χ1) is 15.1. The molecule has 1 unspecified atom stereocenters. The number of rotatable bonds is 25. The Kier molecular flexibility index (Phi) is 22.7. The highest BCUT2D eigenvalue weighted by Crippen LogP contribution is 2.33. The van der Waals surface area contributed by atoms with E-state index in [2.05, 4.69) is 33.4 Å². The van der Waals surface area contributed by atoms with Crippen molar-refractivity contribution in [3.63, 3.8) is 0 Å². The monoisotopic (exact) mass is 435 g/mol. The van der Waals surface area contributed by atoms with E-state index in [-0.39, 0.29) is 5.54 Å². The number of hydrogen-bond acceptors (Lipinski definition) is 1. The first-order valence-electron chi connectivity index (χ1n) is 14.5. The van der Waals surface area contributed by atoms with E-state index in [0.717, 1.165) is 6.42 Å². The van der Waals surface area contributed by atoms with Crippen LogP contribution in [-0.4, -0.2) is 5.54 Å². The van der Waals surface area contributed by atoms with Gasteiger partial charge in [-0.25, -0.2) is 0 Å². The van der Waals surface area contributed by atoms with Crippen LogP contribution in [0.15, 0.2) is 12.7 Å². The van der Waals surface area contributed by atoms with Gasteiger partial charge in [0.1, 0.15) is 0 Å². The molecular formula is C30H61N. The number of hydrogen-bond donors (Lipinski definition) is 1. The second-order valence-corrected chi connectivity index (χ2v) is 10.4. The molecule has 0 fully saturated rings. The van der Waals surface area contributed by atoms with Crippen LogP contribution in [0, 0.1) is 5.92 Å². The third kappa shape index (κ3) is 17.9. The summed E-state index contributed by atoms with van der Waals surface area (Å²) in [4.78, 5) is 0. The smallest absolute Gasteiger partial charge is 0.0185 e. The number of allylic oxidation sites excluding steroid dienone is 1. The molecule has 0 bridgehead atoms. The van der Waals surface area contributed by atoms with Gasteiger partial charge in [0.05, 0.1) is 0 Å². The molecule has 0 aliphatic rings. The summed E-state index contributed by atoms with van der Waals surface area (Å²) in [6, 6.07) is 0. The molecule has 0 aliphatic heterocycles. The van der Waals surface area contributed by atoms with E-state index in [1.54, 1.807) is 0 Å².